The summed E-state index contributed by atoms with van der Waals surface area (Å²) in [7, 11) is 0. The summed E-state index contributed by atoms with van der Waals surface area (Å²) in [5.74, 6) is 0.534. The van der Waals surface area contributed by atoms with Gasteiger partial charge in [-0.2, -0.15) is 4.57 Å². The van der Waals surface area contributed by atoms with Gasteiger partial charge in [0.25, 0.3) is 0 Å². The van der Waals surface area contributed by atoms with Crippen LogP contribution in [0.3, 0.4) is 0 Å². The Hall–Kier alpha value is -6.26. The summed E-state index contributed by atoms with van der Waals surface area (Å²) in [4.78, 5) is 0. The van der Waals surface area contributed by atoms with Crippen LogP contribution in [0.15, 0.2) is 140 Å². The van der Waals surface area contributed by atoms with Gasteiger partial charge in [-0.25, -0.2) is 0 Å². The van der Waals surface area contributed by atoms with E-state index in [1.807, 2.05) is 24.4 Å². The second-order valence-corrected chi connectivity index (χ2v) is 20.0. The van der Waals surface area contributed by atoms with Crippen molar-refractivity contribution in [2.45, 2.75) is 117 Å². The van der Waals surface area contributed by atoms with Crippen LogP contribution in [0.25, 0.3) is 72.7 Å². The van der Waals surface area contributed by atoms with E-state index in [1.165, 1.54) is 22.3 Å². The fourth-order valence-electron chi connectivity index (χ4n) is 11.2. The molecule has 4 heteroatoms. The number of hydrogen-bond acceptors (Lipinski definition) is 1. The van der Waals surface area contributed by atoms with Crippen LogP contribution in [0.2, 0.25) is 0 Å². The van der Waals surface area contributed by atoms with E-state index in [-0.39, 0.29) is 46.0 Å². The number of ether oxygens (including phenoxy) is 1. The SMILES string of the molecule is [2H]c1c([2H])c([2H])c(-c2cc[n+]3c(c2)-c2cc(C(C)(C)C)cc4c2C32Oc3ccccc3-c3n(-c5ccc(-c6c(C(C)(CC)CC)cccc6C(C)(CC)CC)cc5C)c5cccc-4c5[n+]32)c([2H])c1[2H]. The number of rotatable bonds is 9. The molecule has 0 amide bonds. The first-order valence-corrected chi connectivity index (χ1v) is 23.4. The lowest BCUT2D eigenvalue weighted by Crippen LogP contribution is -2.78. The fourth-order valence-corrected chi connectivity index (χ4v) is 11.2. The van der Waals surface area contributed by atoms with Crippen LogP contribution in [-0.2, 0) is 22.1 Å². The Bertz CT molecular complexity index is 3450. The molecule has 2 aromatic heterocycles. The second kappa shape index (κ2) is 14.1. The van der Waals surface area contributed by atoms with E-state index in [2.05, 4.69) is 168 Å². The lowest BCUT2D eigenvalue weighted by molar-refractivity contribution is -0.997. The van der Waals surface area contributed by atoms with Crippen LogP contribution in [-0.4, -0.2) is 4.57 Å². The molecule has 0 fully saturated rings. The van der Waals surface area contributed by atoms with E-state index in [9.17, 15) is 0 Å². The second-order valence-electron chi connectivity index (χ2n) is 20.0. The van der Waals surface area contributed by atoms with E-state index in [4.69, 9.17) is 11.6 Å². The van der Waals surface area contributed by atoms with Crippen molar-refractivity contribution in [3.63, 3.8) is 0 Å². The van der Waals surface area contributed by atoms with Gasteiger partial charge in [-0.1, -0.05) is 135 Å². The van der Waals surface area contributed by atoms with Crippen LogP contribution >= 0.6 is 0 Å². The highest BCUT2D eigenvalue weighted by molar-refractivity contribution is 5.98. The average Bonchev–Trinajstić information content (AvgIpc) is 3.85. The molecule has 0 aliphatic carbocycles. The van der Waals surface area contributed by atoms with Gasteiger partial charge in [0.15, 0.2) is 17.2 Å². The summed E-state index contributed by atoms with van der Waals surface area (Å²) in [5.41, 5.74) is 17.5. The standard InChI is InChI=1S/C60H61N3O/c1-11-58(9,12-2)47-26-21-27-48(59(10,13-3)14-4)53(47)41-30-31-49(38(5)34-41)62-50-28-20-25-43-45-36-42(57(6,7)8)37-46-51-35-40(39-22-16-15-17-23-39)32-33-61(51)60(54(45)46)63(55(43)50)56(62)44-24-18-19-29-52(44)64-60/h15-37H,11-14H2,1-10H3/q+2/i15D,16D,17D,22D,23D. The van der Waals surface area contributed by atoms with Crippen molar-refractivity contribution in [3.8, 4) is 67.5 Å². The molecule has 0 saturated heterocycles. The molecule has 0 N–H and O–H groups in total. The molecule has 1 atom stereocenters. The van der Waals surface area contributed by atoms with Crippen LogP contribution in [0, 0.1) is 6.92 Å². The van der Waals surface area contributed by atoms with Crippen molar-refractivity contribution >= 4 is 11.0 Å². The first-order valence-electron chi connectivity index (χ1n) is 25.9. The van der Waals surface area contributed by atoms with Gasteiger partial charge in [-0.3, -0.25) is 0 Å². The highest BCUT2D eigenvalue weighted by Crippen LogP contribution is 2.55. The lowest BCUT2D eigenvalue weighted by atomic mass is 9.68. The molecule has 320 valence electrons. The molecular formula is C60H61N3O+2. The summed E-state index contributed by atoms with van der Waals surface area (Å²) < 4.78 is 58.1. The number of fused-ring (bicyclic) bond motifs is 5. The first-order chi connectivity index (χ1) is 32.9. The average molecular weight is 845 g/mol. The minimum absolute atomic E-state index is 0.0156. The maximum Gasteiger partial charge on any atom is 0.499 e. The number of pyridine rings is 1. The predicted octanol–water partition coefficient (Wildman–Crippen LogP) is 14.5. The van der Waals surface area contributed by atoms with Crippen molar-refractivity contribution in [1.82, 2.24) is 4.57 Å². The van der Waals surface area contributed by atoms with Crippen molar-refractivity contribution in [1.29, 1.82) is 0 Å². The Labute approximate surface area is 386 Å². The van der Waals surface area contributed by atoms with Gasteiger partial charge in [-0.05, 0) is 142 Å². The van der Waals surface area contributed by atoms with E-state index in [0.717, 1.165) is 98.6 Å². The molecule has 0 bridgehead atoms. The van der Waals surface area contributed by atoms with Gasteiger partial charge in [0, 0.05) is 23.3 Å². The smallest absolute Gasteiger partial charge is 0.392 e. The Morgan fingerprint density at radius 2 is 1.30 bits per heavy atom. The van der Waals surface area contributed by atoms with Gasteiger partial charge in [-0.15, -0.1) is 9.13 Å². The Balaban J connectivity index is 1.23. The van der Waals surface area contributed by atoms with Gasteiger partial charge < -0.3 is 4.74 Å². The molecular weight excluding hydrogens is 779 g/mol. The van der Waals surface area contributed by atoms with Crippen LogP contribution in [0.5, 0.6) is 5.75 Å². The van der Waals surface area contributed by atoms with E-state index < -0.39 is 11.9 Å². The van der Waals surface area contributed by atoms with Crippen molar-refractivity contribution in [2.24, 2.45) is 0 Å². The number of benzene rings is 6. The number of aromatic nitrogens is 3. The van der Waals surface area contributed by atoms with Gasteiger partial charge in [0.2, 0.25) is 5.69 Å². The number of nitrogens with zero attached hydrogens (tertiary/aromatic N) is 3. The number of imidazole rings is 1. The fraction of sp³-hybridized carbons (Fsp3) is 0.300. The zero-order valence-electron chi connectivity index (χ0n) is 44.0. The molecule has 3 aliphatic rings. The summed E-state index contributed by atoms with van der Waals surface area (Å²) in [6, 6.07) is 36.1. The largest absolute Gasteiger partial charge is 0.499 e. The third-order valence-corrected chi connectivity index (χ3v) is 15.8. The predicted molar refractivity (Wildman–Crippen MR) is 263 cm³/mol. The van der Waals surface area contributed by atoms with E-state index >= 15 is 0 Å². The molecule has 11 rings (SSSR count). The Morgan fingerprint density at radius 1 is 0.641 bits per heavy atom. The third-order valence-electron chi connectivity index (χ3n) is 15.8. The highest BCUT2D eigenvalue weighted by atomic mass is 16.5. The van der Waals surface area contributed by atoms with Gasteiger partial charge in [0.1, 0.15) is 22.6 Å². The lowest BCUT2D eigenvalue weighted by Gasteiger charge is -2.36. The zero-order chi connectivity index (χ0) is 48.9. The minimum atomic E-state index is -1.21. The number of aryl methyl sites for hydroxylation is 1. The van der Waals surface area contributed by atoms with Crippen molar-refractivity contribution < 1.29 is 20.7 Å². The molecule has 0 radical (unpaired) electrons. The molecule has 0 saturated carbocycles. The maximum absolute atomic E-state index is 8.97. The number of hydrogen-bond donors (Lipinski definition) is 0. The van der Waals surface area contributed by atoms with Crippen LogP contribution < -0.4 is 13.9 Å². The highest BCUT2D eigenvalue weighted by Gasteiger charge is 2.68. The number of para-hydroxylation sites is 2. The molecule has 3 aliphatic heterocycles. The quantitative estimate of drug-likeness (QED) is 0.133. The molecule has 64 heavy (non-hydrogen) atoms. The van der Waals surface area contributed by atoms with Crippen molar-refractivity contribution in [3.05, 3.63) is 167 Å². The summed E-state index contributed by atoms with van der Waals surface area (Å²) in [6.07, 6.45) is 6.19. The molecule has 4 nitrogen and oxygen atoms in total. The first kappa shape index (κ1) is 35.1. The third kappa shape index (κ3) is 5.41. The van der Waals surface area contributed by atoms with Gasteiger partial charge >= 0.3 is 11.7 Å². The van der Waals surface area contributed by atoms with Crippen LogP contribution in [0.1, 0.15) is 123 Å². The normalized spacial score (nSPS) is 16.9. The maximum atomic E-state index is 8.97. The molecule has 1 spiro atoms. The molecule has 5 heterocycles. The summed E-state index contributed by atoms with van der Waals surface area (Å²) in [5, 5.41) is 0. The minimum Gasteiger partial charge on any atom is -0.392 e. The summed E-state index contributed by atoms with van der Waals surface area (Å²) in [6.45, 7) is 23.1. The zero-order valence-corrected chi connectivity index (χ0v) is 39.0. The van der Waals surface area contributed by atoms with E-state index in [1.54, 1.807) is 0 Å². The molecule has 8 aromatic rings. The Morgan fingerprint density at radius 3 is 1.97 bits per heavy atom. The molecule has 6 aromatic carbocycles. The van der Waals surface area contributed by atoms with Crippen LogP contribution in [0.4, 0.5) is 0 Å². The monoisotopic (exact) mass is 845 g/mol. The summed E-state index contributed by atoms with van der Waals surface area (Å²) >= 11 is 0. The van der Waals surface area contributed by atoms with Gasteiger partial charge in [0.05, 0.1) is 12.4 Å². The van der Waals surface area contributed by atoms with E-state index in [0.29, 0.717) is 5.56 Å². The Kier molecular flexibility index (Phi) is 7.75. The topological polar surface area (TPSA) is 21.9 Å². The molecule has 1 unspecified atom stereocenters. The van der Waals surface area contributed by atoms with Crippen molar-refractivity contribution in [2.75, 3.05) is 0 Å².